The number of hydrogen-bond acceptors (Lipinski definition) is 6. The van der Waals surface area contributed by atoms with Gasteiger partial charge in [-0.05, 0) is 18.2 Å². The summed E-state index contributed by atoms with van der Waals surface area (Å²) in [4.78, 5) is 4.25. The minimum absolute atomic E-state index is 0.133. The highest BCUT2D eigenvalue weighted by atomic mass is 35.5. The number of aryl methyl sites for hydroxylation is 1. The Morgan fingerprint density at radius 3 is 2.91 bits per heavy atom. The van der Waals surface area contributed by atoms with Gasteiger partial charge in [-0.1, -0.05) is 22.8 Å². The van der Waals surface area contributed by atoms with E-state index >= 15 is 0 Å². The number of halogens is 1. The quantitative estimate of drug-likeness (QED) is 0.844. The van der Waals surface area contributed by atoms with Gasteiger partial charge in [-0.15, -0.1) is 0 Å². The Balaban J connectivity index is 1.85. The summed E-state index contributed by atoms with van der Waals surface area (Å²) in [7, 11) is -3.64. The summed E-state index contributed by atoms with van der Waals surface area (Å²) >= 11 is 5.88. The van der Waals surface area contributed by atoms with Crippen molar-refractivity contribution in [2.75, 3.05) is 19.7 Å². The standard InChI is InChI=1S/C13H14ClN3O4S/c1-9-15-13(16-21-9)12-8-17(5-6-20-12)22(18,19)11-4-2-3-10(14)7-11/h2-4,7,12H,5-6,8H2,1H3. The first kappa shape index (κ1) is 15.4. The highest BCUT2D eigenvalue weighted by molar-refractivity contribution is 7.89. The van der Waals surface area contributed by atoms with Gasteiger partial charge in [0, 0.05) is 25.0 Å². The lowest BCUT2D eigenvalue weighted by atomic mass is 10.3. The molecule has 7 nitrogen and oxygen atoms in total. The SMILES string of the molecule is Cc1nc(C2CN(S(=O)(=O)c3cccc(Cl)c3)CCO2)no1. The van der Waals surface area contributed by atoms with Gasteiger partial charge in [0.2, 0.25) is 21.7 Å². The van der Waals surface area contributed by atoms with Gasteiger partial charge in [-0.3, -0.25) is 0 Å². The second kappa shape index (κ2) is 5.96. The van der Waals surface area contributed by atoms with Crippen molar-refractivity contribution in [2.45, 2.75) is 17.9 Å². The lowest BCUT2D eigenvalue weighted by molar-refractivity contribution is -0.00858. The molecule has 0 aliphatic carbocycles. The fraction of sp³-hybridized carbons (Fsp3) is 0.385. The molecule has 9 heteroatoms. The van der Waals surface area contributed by atoms with Crippen LogP contribution in [-0.4, -0.2) is 42.6 Å². The van der Waals surface area contributed by atoms with Gasteiger partial charge in [-0.2, -0.15) is 9.29 Å². The fourth-order valence-electron chi connectivity index (χ4n) is 2.22. The molecule has 2 heterocycles. The van der Waals surface area contributed by atoms with Crippen molar-refractivity contribution >= 4 is 21.6 Å². The second-order valence-corrected chi connectivity index (χ2v) is 7.23. The molecule has 0 amide bonds. The molecule has 1 atom stereocenters. The second-order valence-electron chi connectivity index (χ2n) is 4.85. The number of sulfonamides is 1. The van der Waals surface area contributed by atoms with E-state index in [0.29, 0.717) is 16.7 Å². The van der Waals surface area contributed by atoms with E-state index in [-0.39, 0.29) is 24.6 Å². The lowest BCUT2D eigenvalue weighted by Crippen LogP contribution is -2.42. The van der Waals surface area contributed by atoms with Gasteiger partial charge in [0.25, 0.3) is 0 Å². The molecule has 0 N–H and O–H groups in total. The normalized spacial score (nSPS) is 20.2. The monoisotopic (exact) mass is 343 g/mol. The van der Waals surface area contributed by atoms with E-state index < -0.39 is 16.1 Å². The topological polar surface area (TPSA) is 85.5 Å². The van der Waals surface area contributed by atoms with E-state index in [9.17, 15) is 8.42 Å². The first-order valence-electron chi connectivity index (χ1n) is 6.64. The van der Waals surface area contributed by atoms with Crippen LogP contribution in [0.2, 0.25) is 5.02 Å². The summed E-state index contributed by atoms with van der Waals surface area (Å²) in [5.74, 6) is 0.761. The summed E-state index contributed by atoms with van der Waals surface area (Å²) in [6, 6.07) is 6.19. The van der Waals surface area contributed by atoms with Gasteiger partial charge in [0.05, 0.1) is 11.5 Å². The van der Waals surface area contributed by atoms with Crippen LogP contribution in [0.3, 0.4) is 0 Å². The Hall–Kier alpha value is -1.48. The van der Waals surface area contributed by atoms with Crippen LogP contribution < -0.4 is 0 Å². The predicted octanol–water partition coefficient (Wildman–Crippen LogP) is 1.79. The van der Waals surface area contributed by atoms with Crippen LogP contribution in [0.4, 0.5) is 0 Å². The maximum Gasteiger partial charge on any atom is 0.243 e. The molecule has 1 unspecified atom stereocenters. The molecule has 1 fully saturated rings. The number of benzene rings is 1. The van der Waals surface area contributed by atoms with E-state index in [1.54, 1.807) is 19.1 Å². The fourth-order valence-corrected chi connectivity index (χ4v) is 3.95. The van der Waals surface area contributed by atoms with Crippen molar-refractivity contribution < 1.29 is 17.7 Å². The predicted molar refractivity (Wildman–Crippen MR) is 77.9 cm³/mol. The molecule has 3 rings (SSSR count). The number of ether oxygens (including phenoxy) is 1. The summed E-state index contributed by atoms with van der Waals surface area (Å²) < 4.78 is 37.1. The van der Waals surface area contributed by atoms with E-state index in [4.69, 9.17) is 20.9 Å². The highest BCUT2D eigenvalue weighted by Crippen LogP contribution is 2.26. The summed E-state index contributed by atoms with van der Waals surface area (Å²) in [5.41, 5.74) is 0. The third-order valence-corrected chi connectivity index (χ3v) is 5.39. The first-order valence-corrected chi connectivity index (χ1v) is 8.46. The van der Waals surface area contributed by atoms with Crippen LogP contribution in [-0.2, 0) is 14.8 Å². The van der Waals surface area contributed by atoms with E-state index in [1.165, 1.54) is 16.4 Å². The Kier molecular flexibility index (Phi) is 4.18. The maximum atomic E-state index is 12.7. The van der Waals surface area contributed by atoms with Crippen LogP contribution >= 0.6 is 11.6 Å². The molecule has 1 aromatic carbocycles. The van der Waals surface area contributed by atoms with Gasteiger partial charge in [0.15, 0.2) is 0 Å². The molecule has 0 radical (unpaired) electrons. The van der Waals surface area contributed by atoms with Gasteiger partial charge < -0.3 is 9.26 Å². The smallest absolute Gasteiger partial charge is 0.243 e. The van der Waals surface area contributed by atoms with Crippen molar-refractivity contribution in [1.82, 2.24) is 14.4 Å². The van der Waals surface area contributed by atoms with Crippen molar-refractivity contribution in [3.05, 3.63) is 41.0 Å². The van der Waals surface area contributed by atoms with Crippen LogP contribution in [0, 0.1) is 6.92 Å². The molecule has 0 saturated carbocycles. The Morgan fingerprint density at radius 1 is 1.41 bits per heavy atom. The van der Waals surface area contributed by atoms with Crippen molar-refractivity contribution in [3.63, 3.8) is 0 Å². The Bertz CT molecular complexity index is 777. The highest BCUT2D eigenvalue weighted by Gasteiger charge is 2.33. The lowest BCUT2D eigenvalue weighted by Gasteiger charge is -2.30. The van der Waals surface area contributed by atoms with E-state index in [1.807, 2.05) is 0 Å². The first-order chi connectivity index (χ1) is 10.5. The van der Waals surface area contributed by atoms with Crippen LogP contribution in [0.15, 0.2) is 33.7 Å². The maximum absolute atomic E-state index is 12.7. The number of hydrogen-bond donors (Lipinski definition) is 0. The minimum atomic E-state index is -3.64. The minimum Gasteiger partial charge on any atom is -0.367 e. The largest absolute Gasteiger partial charge is 0.367 e. The Labute approximate surface area is 132 Å². The van der Waals surface area contributed by atoms with Crippen LogP contribution in [0.1, 0.15) is 17.8 Å². The van der Waals surface area contributed by atoms with Gasteiger partial charge >= 0.3 is 0 Å². The zero-order valence-electron chi connectivity index (χ0n) is 11.8. The third kappa shape index (κ3) is 3.00. The zero-order valence-corrected chi connectivity index (χ0v) is 13.3. The molecule has 1 aliphatic rings. The van der Waals surface area contributed by atoms with Crippen LogP contribution in [0.5, 0.6) is 0 Å². The number of rotatable bonds is 3. The summed E-state index contributed by atoms with van der Waals surface area (Å²) in [6.45, 7) is 2.33. The van der Waals surface area contributed by atoms with Crippen LogP contribution in [0.25, 0.3) is 0 Å². The molecule has 1 aliphatic heterocycles. The summed E-state index contributed by atoms with van der Waals surface area (Å²) in [5, 5.41) is 4.16. The average Bonchev–Trinajstić information content (AvgIpc) is 2.94. The number of nitrogens with zero attached hydrogens (tertiary/aromatic N) is 3. The molecular formula is C13H14ClN3O4S. The third-order valence-electron chi connectivity index (χ3n) is 3.29. The van der Waals surface area contributed by atoms with E-state index in [0.717, 1.165) is 0 Å². The molecule has 0 spiro atoms. The Morgan fingerprint density at radius 2 is 2.23 bits per heavy atom. The average molecular weight is 344 g/mol. The van der Waals surface area contributed by atoms with Gasteiger partial charge in [0.1, 0.15) is 6.10 Å². The molecule has 1 saturated heterocycles. The summed E-state index contributed by atoms with van der Waals surface area (Å²) in [6.07, 6.45) is -0.542. The van der Waals surface area contributed by atoms with Gasteiger partial charge in [-0.25, -0.2) is 8.42 Å². The number of aromatic nitrogens is 2. The molecule has 118 valence electrons. The molecule has 22 heavy (non-hydrogen) atoms. The molecular weight excluding hydrogens is 330 g/mol. The van der Waals surface area contributed by atoms with Crippen molar-refractivity contribution in [3.8, 4) is 0 Å². The number of morpholine rings is 1. The van der Waals surface area contributed by atoms with E-state index in [2.05, 4.69) is 10.1 Å². The zero-order chi connectivity index (χ0) is 15.7. The molecule has 0 bridgehead atoms. The van der Waals surface area contributed by atoms with Crippen molar-refractivity contribution in [2.24, 2.45) is 0 Å². The molecule has 1 aromatic heterocycles. The van der Waals surface area contributed by atoms with Crippen molar-refractivity contribution in [1.29, 1.82) is 0 Å². The molecule has 2 aromatic rings.